The van der Waals surface area contributed by atoms with Crippen LogP contribution in [0.4, 0.5) is 10.5 Å². The molecule has 0 bridgehead atoms. The molecule has 0 fully saturated rings. The van der Waals surface area contributed by atoms with Gasteiger partial charge in [0.05, 0.1) is 16.3 Å². The van der Waals surface area contributed by atoms with Crippen molar-refractivity contribution in [3.8, 4) is 10.6 Å². The molecule has 5 nitrogen and oxygen atoms in total. The molecule has 0 saturated carbocycles. The second kappa shape index (κ2) is 6.83. The van der Waals surface area contributed by atoms with Gasteiger partial charge in [-0.25, -0.2) is 4.79 Å². The van der Waals surface area contributed by atoms with E-state index in [9.17, 15) is 9.59 Å². The third kappa shape index (κ3) is 4.33. The summed E-state index contributed by atoms with van der Waals surface area (Å²) in [5.41, 5.74) is 2.09. The number of urea groups is 1. The lowest BCUT2D eigenvalue weighted by atomic mass is 10.2. The summed E-state index contributed by atoms with van der Waals surface area (Å²) in [6.07, 6.45) is 0. The first kappa shape index (κ1) is 17.0. The van der Waals surface area contributed by atoms with Crippen molar-refractivity contribution in [2.45, 2.75) is 10.7 Å². The number of nitrogens with zero attached hydrogens (tertiary/aromatic N) is 1. The molecule has 3 amide bonds. The van der Waals surface area contributed by atoms with E-state index < -0.39 is 15.7 Å². The molecular formula is C13H10Cl3N3O2S. The molecule has 0 aromatic carbocycles. The normalized spacial score (nSPS) is 11.1. The van der Waals surface area contributed by atoms with Gasteiger partial charge in [0.15, 0.2) is 0 Å². The number of carbonyl (C=O) groups is 2. The van der Waals surface area contributed by atoms with Crippen LogP contribution in [-0.4, -0.2) is 20.7 Å². The number of pyridine rings is 1. The summed E-state index contributed by atoms with van der Waals surface area (Å²) >= 11 is 17.6. The smallest absolute Gasteiger partial charge is 0.306 e. The Balaban J connectivity index is 2.14. The molecular weight excluding hydrogens is 369 g/mol. The van der Waals surface area contributed by atoms with E-state index in [0.29, 0.717) is 5.69 Å². The standard InChI is InChI=1S/C13H10Cl3N3O2S/c1-7-3-2-4-8(17-7)10-9(5-6-22-10)18-12(21)19-11(20)13(14,15)16/h2-6H,1H3,(H2,18,19,20,21). The molecule has 0 aliphatic carbocycles. The quantitative estimate of drug-likeness (QED) is 0.772. The van der Waals surface area contributed by atoms with E-state index in [1.165, 1.54) is 11.3 Å². The van der Waals surface area contributed by atoms with Crippen molar-refractivity contribution < 1.29 is 9.59 Å². The van der Waals surface area contributed by atoms with Gasteiger partial charge in [0.2, 0.25) is 0 Å². The van der Waals surface area contributed by atoms with Gasteiger partial charge in [0, 0.05) is 5.69 Å². The number of imide groups is 1. The molecule has 2 rings (SSSR count). The van der Waals surface area contributed by atoms with Crippen molar-refractivity contribution in [2.75, 3.05) is 5.32 Å². The molecule has 22 heavy (non-hydrogen) atoms. The number of rotatable bonds is 2. The SMILES string of the molecule is Cc1cccc(-c2sccc2NC(=O)NC(=O)C(Cl)(Cl)Cl)n1. The predicted octanol–water partition coefficient (Wildman–Crippen LogP) is 4.14. The average molecular weight is 379 g/mol. The number of hydrogen-bond donors (Lipinski definition) is 2. The summed E-state index contributed by atoms with van der Waals surface area (Å²) < 4.78 is -2.20. The molecule has 9 heteroatoms. The maximum Gasteiger partial charge on any atom is 0.326 e. The largest absolute Gasteiger partial charge is 0.326 e. The minimum Gasteiger partial charge on any atom is -0.306 e. The van der Waals surface area contributed by atoms with Crippen molar-refractivity contribution in [1.82, 2.24) is 10.3 Å². The van der Waals surface area contributed by atoms with Gasteiger partial charge in [-0.2, -0.15) is 0 Å². The predicted molar refractivity (Wildman–Crippen MR) is 89.7 cm³/mol. The summed E-state index contributed by atoms with van der Waals surface area (Å²) in [5, 5.41) is 6.28. The van der Waals surface area contributed by atoms with Crippen molar-refractivity contribution in [3.63, 3.8) is 0 Å². The molecule has 2 N–H and O–H groups in total. The van der Waals surface area contributed by atoms with Crippen LogP contribution in [0.15, 0.2) is 29.6 Å². The lowest BCUT2D eigenvalue weighted by Crippen LogP contribution is -2.41. The van der Waals surface area contributed by atoms with E-state index in [2.05, 4.69) is 10.3 Å². The molecule has 0 spiro atoms. The van der Waals surface area contributed by atoms with Crippen LogP contribution in [0.25, 0.3) is 10.6 Å². The molecule has 2 heterocycles. The van der Waals surface area contributed by atoms with Gasteiger partial charge in [0.1, 0.15) is 0 Å². The van der Waals surface area contributed by atoms with Crippen LogP contribution in [0.2, 0.25) is 0 Å². The van der Waals surface area contributed by atoms with Gasteiger partial charge < -0.3 is 5.32 Å². The summed E-state index contributed by atoms with van der Waals surface area (Å²) in [4.78, 5) is 28.4. The number of halogens is 3. The Morgan fingerprint density at radius 2 is 1.95 bits per heavy atom. The van der Waals surface area contributed by atoms with Crippen LogP contribution in [0.3, 0.4) is 0 Å². The molecule has 0 saturated heterocycles. The minimum absolute atomic E-state index is 0.512. The fraction of sp³-hybridized carbons (Fsp3) is 0.154. The van der Waals surface area contributed by atoms with Crippen LogP contribution in [0.1, 0.15) is 5.69 Å². The molecule has 0 atom stereocenters. The highest BCUT2D eigenvalue weighted by Gasteiger charge is 2.32. The van der Waals surface area contributed by atoms with Crippen molar-refractivity contribution >= 4 is 63.8 Å². The zero-order valence-electron chi connectivity index (χ0n) is 11.2. The number of nitrogens with one attached hydrogen (secondary N) is 2. The summed E-state index contributed by atoms with van der Waals surface area (Å²) in [6.45, 7) is 1.87. The number of carbonyl (C=O) groups excluding carboxylic acids is 2. The van der Waals surface area contributed by atoms with Gasteiger partial charge in [-0.15, -0.1) is 11.3 Å². The highest BCUT2D eigenvalue weighted by atomic mass is 35.6. The Morgan fingerprint density at radius 3 is 2.59 bits per heavy atom. The van der Waals surface area contributed by atoms with E-state index in [4.69, 9.17) is 34.8 Å². The van der Waals surface area contributed by atoms with Gasteiger partial charge >= 0.3 is 6.03 Å². The second-order valence-corrected chi connectivity index (χ2v) is 7.43. The van der Waals surface area contributed by atoms with Crippen molar-refractivity contribution in [1.29, 1.82) is 0 Å². The topological polar surface area (TPSA) is 71.1 Å². The van der Waals surface area contributed by atoms with Crippen LogP contribution in [0, 0.1) is 6.92 Å². The summed E-state index contributed by atoms with van der Waals surface area (Å²) in [5.74, 6) is -1.03. The molecule has 2 aromatic rings. The van der Waals surface area contributed by atoms with Gasteiger partial charge in [-0.3, -0.25) is 15.1 Å². The van der Waals surface area contributed by atoms with Gasteiger partial charge in [-0.1, -0.05) is 40.9 Å². The van der Waals surface area contributed by atoms with E-state index in [1.807, 2.05) is 30.4 Å². The Labute approximate surface area is 145 Å². The average Bonchev–Trinajstić information content (AvgIpc) is 2.85. The van der Waals surface area contributed by atoms with Crippen molar-refractivity contribution in [2.24, 2.45) is 0 Å². The maximum atomic E-state index is 11.8. The summed E-state index contributed by atoms with van der Waals surface area (Å²) in [7, 11) is 0. The first-order valence-corrected chi connectivity index (χ1v) is 7.99. The highest BCUT2D eigenvalue weighted by Crippen LogP contribution is 2.32. The molecule has 0 radical (unpaired) electrons. The van der Waals surface area contributed by atoms with Crippen LogP contribution in [-0.2, 0) is 4.79 Å². The number of hydrogen-bond acceptors (Lipinski definition) is 4. The third-order valence-electron chi connectivity index (χ3n) is 2.52. The number of aromatic nitrogens is 1. The molecule has 0 aliphatic rings. The maximum absolute atomic E-state index is 11.8. The van der Waals surface area contributed by atoms with Crippen LogP contribution >= 0.6 is 46.1 Å². The zero-order valence-corrected chi connectivity index (χ0v) is 14.3. The summed E-state index contributed by atoms with van der Waals surface area (Å²) in [6, 6.07) is 6.48. The number of alkyl halides is 3. The monoisotopic (exact) mass is 377 g/mol. The fourth-order valence-corrected chi connectivity index (χ4v) is 2.57. The van der Waals surface area contributed by atoms with E-state index in [0.717, 1.165) is 16.3 Å². The van der Waals surface area contributed by atoms with E-state index in [-0.39, 0.29) is 0 Å². The Kier molecular flexibility index (Phi) is 5.28. The second-order valence-electron chi connectivity index (χ2n) is 4.23. The van der Waals surface area contributed by atoms with Crippen LogP contribution in [0.5, 0.6) is 0 Å². The Bertz CT molecular complexity index is 713. The third-order valence-corrected chi connectivity index (χ3v) is 3.97. The number of amides is 3. The first-order chi connectivity index (χ1) is 10.3. The lowest BCUT2D eigenvalue weighted by molar-refractivity contribution is -0.119. The minimum atomic E-state index is -2.20. The number of anilines is 1. The van der Waals surface area contributed by atoms with Crippen LogP contribution < -0.4 is 10.6 Å². The van der Waals surface area contributed by atoms with Gasteiger partial charge in [0.25, 0.3) is 9.70 Å². The Hall–Kier alpha value is -1.34. The number of thiophene rings is 1. The van der Waals surface area contributed by atoms with E-state index >= 15 is 0 Å². The zero-order chi connectivity index (χ0) is 16.3. The molecule has 0 unspecified atom stereocenters. The Morgan fingerprint density at radius 1 is 1.23 bits per heavy atom. The first-order valence-electron chi connectivity index (χ1n) is 5.98. The van der Waals surface area contributed by atoms with Gasteiger partial charge in [-0.05, 0) is 30.5 Å². The lowest BCUT2D eigenvalue weighted by Gasteiger charge is -2.11. The number of aryl methyl sites for hydroxylation is 1. The molecule has 0 aliphatic heterocycles. The molecule has 2 aromatic heterocycles. The highest BCUT2D eigenvalue weighted by molar-refractivity contribution is 7.14. The van der Waals surface area contributed by atoms with E-state index in [1.54, 1.807) is 11.4 Å². The van der Waals surface area contributed by atoms with Crippen molar-refractivity contribution in [3.05, 3.63) is 35.3 Å². The fourth-order valence-electron chi connectivity index (χ4n) is 1.60. The molecule has 116 valence electrons.